The molecule has 0 bridgehead atoms. The van der Waals surface area contributed by atoms with Crippen LogP contribution >= 0.6 is 0 Å². The molecule has 1 amide bonds. The number of halogens is 1. The van der Waals surface area contributed by atoms with Crippen molar-refractivity contribution in [2.24, 2.45) is 0 Å². The van der Waals surface area contributed by atoms with E-state index >= 15 is 0 Å². The van der Waals surface area contributed by atoms with E-state index in [1.165, 1.54) is 17.7 Å². The van der Waals surface area contributed by atoms with Crippen LogP contribution in [-0.4, -0.2) is 19.1 Å². The van der Waals surface area contributed by atoms with Crippen molar-refractivity contribution in [3.63, 3.8) is 0 Å². The summed E-state index contributed by atoms with van der Waals surface area (Å²) in [5.41, 5.74) is 3.19. The fourth-order valence-electron chi connectivity index (χ4n) is 2.60. The summed E-state index contributed by atoms with van der Waals surface area (Å²) >= 11 is 0. The Morgan fingerprint density at radius 1 is 1.14 bits per heavy atom. The van der Waals surface area contributed by atoms with Crippen molar-refractivity contribution >= 4 is 5.91 Å². The van der Waals surface area contributed by atoms with Gasteiger partial charge in [-0.2, -0.15) is 0 Å². The van der Waals surface area contributed by atoms with E-state index in [9.17, 15) is 9.18 Å². The van der Waals surface area contributed by atoms with Gasteiger partial charge in [-0.1, -0.05) is 24.3 Å². The minimum atomic E-state index is -0.242. The quantitative estimate of drug-likeness (QED) is 0.922. The summed E-state index contributed by atoms with van der Waals surface area (Å²) in [6, 6.07) is 12.3. The van der Waals surface area contributed by atoms with Gasteiger partial charge in [-0.3, -0.25) is 4.79 Å². The highest BCUT2D eigenvalue weighted by atomic mass is 19.1. The van der Waals surface area contributed by atoms with Crippen molar-refractivity contribution in [3.05, 3.63) is 65.0 Å². The summed E-state index contributed by atoms with van der Waals surface area (Å²) < 4.78 is 18.2. The molecule has 0 aliphatic carbocycles. The van der Waals surface area contributed by atoms with Crippen LogP contribution in [0.4, 0.5) is 4.39 Å². The number of carbonyl (C=O) groups is 1. The fraction of sp³-hybridized carbons (Fsp3) is 0.278. The van der Waals surface area contributed by atoms with E-state index in [2.05, 4.69) is 5.32 Å². The zero-order valence-corrected chi connectivity index (χ0v) is 12.3. The largest absolute Gasteiger partial charge is 0.493 e. The van der Waals surface area contributed by atoms with Gasteiger partial charge in [-0.25, -0.2) is 4.39 Å². The maximum Gasteiger partial charge on any atom is 0.224 e. The minimum Gasteiger partial charge on any atom is -0.493 e. The molecule has 0 saturated heterocycles. The molecule has 22 heavy (non-hydrogen) atoms. The SMILES string of the molecule is O=C(Cc1ccc2c(c1)CCO2)NCCc1ccc(F)cc1. The summed E-state index contributed by atoms with van der Waals surface area (Å²) in [6.07, 6.45) is 1.98. The first-order valence-corrected chi connectivity index (χ1v) is 7.46. The highest BCUT2D eigenvalue weighted by molar-refractivity contribution is 5.78. The third-order valence-electron chi connectivity index (χ3n) is 3.77. The molecule has 3 nitrogen and oxygen atoms in total. The Labute approximate surface area is 129 Å². The van der Waals surface area contributed by atoms with Gasteiger partial charge in [0.05, 0.1) is 13.0 Å². The molecule has 2 aromatic carbocycles. The third kappa shape index (κ3) is 3.64. The van der Waals surface area contributed by atoms with Crippen molar-refractivity contribution < 1.29 is 13.9 Å². The molecule has 4 heteroatoms. The molecule has 0 aromatic heterocycles. The average molecular weight is 299 g/mol. The van der Waals surface area contributed by atoms with E-state index in [0.29, 0.717) is 19.4 Å². The van der Waals surface area contributed by atoms with E-state index in [1.807, 2.05) is 18.2 Å². The first kappa shape index (κ1) is 14.6. The van der Waals surface area contributed by atoms with Crippen LogP contribution in [0.15, 0.2) is 42.5 Å². The Morgan fingerprint density at radius 3 is 2.73 bits per heavy atom. The molecule has 0 spiro atoms. The molecule has 1 aliphatic rings. The van der Waals surface area contributed by atoms with Crippen molar-refractivity contribution in [2.45, 2.75) is 19.3 Å². The van der Waals surface area contributed by atoms with Crippen LogP contribution in [0.3, 0.4) is 0 Å². The van der Waals surface area contributed by atoms with E-state index in [0.717, 1.165) is 29.9 Å². The molecule has 1 N–H and O–H groups in total. The topological polar surface area (TPSA) is 38.3 Å². The molecule has 0 unspecified atom stereocenters. The Bertz CT molecular complexity index is 667. The number of amides is 1. The number of carbonyl (C=O) groups excluding carboxylic acids is 1. The van der Waals surface area contributed by atoms with Crippen molar-refractivity contribution in [1.82, 2.24) is 5.32 Å². The maximum absolute atomic E-state index is 12.8. The highest BCUT2D eigenvalue weighted by Gasteiger charge is 2.13. The smallest absolute Gasteiger partial charge is 0.224 e. The zero-order chi connectivity index (χ0) is 15.4. The highest BCUT2D eigenvalue weighted by Crippen LogP contribution is 2.25. The summed E-state index contributed by atoms with van der Waals surface area (Å²) in [5, 5.41) is 2.90. The van der Waals surface area contributed by atoms with Crippen LogP contribution in [-0.2, 0) is 24.1 Å². The molecular weight excluding hydrogens is 281 g/mol. The molecule has 2 aromatic rings. The van der Waals surface area contributed by atoms with Gasteiger partial charge < -0.3 is 10.1 Å². The first-order chi connectivity index (χ1) is 10.7. The Hall–Kier alpha value is -2.36. The van der Waals surface area contributed by atoms with Crippen LogP contribution in [0.5, 0.6) is 5.75 Å². The lowest BCUT2D eigenvalue weighted by atomic mass is 10.1. The van der Waals surface area contributed by atoms with Crippen LogP contribution < -0.4 is 10.1 Å². The van der Waals surface area contributed by atoms with Gasteiger partial charge in [-0.05, 0) is 41.3 Å². The first-order valence-electron chi connectivity index (χ1n) is 7.46. The normalized spacial score (nSPS) is 12.6. The summed E-state index contributed by atoms with van der Waals surface area (Å²) in [7, 11) is 0. The number of nitrogens with one attached hydrogen (secondary N) is 1. The van der Waals surface area contributed by atoms with Crippen LogP contribution in [0.1, 0.15) is 16.7 Å². The second kappa shape index (κ2) is 6.60. The van der Waals surface area contributed by atoms with E-state index in [1.54, 1.807) is 12.1 Å². The third-order valence-corrected chi connectivity index (χ3v) is 3.77. The number of hydrogen-bond acceptors (Lipinski definition) is 2. The Kier molecular flexibility index (Phi) is 4.37. The molecule has 0 fully saturated rings. The van der Waals surface area contributed by atoms with Gasteiger partial charge in [0.2, 0.25) is 5.91 Å². The number of hydrogen-bond donors (Lipinski definition) is 1. The Morgan fingerprint density at radius 2 is 1.91 bits per heavy atom. The second-order valence-corrected chi connectivity index (χ2v) is 5.44. The molecule has 0 radical (unpaired) electrons. The summed E-state index contributed by atoms with van der Waals surface area (Å²) in [4.78, 5) is 12.0. The van der Waals surface area contributed by atoms with Crippen molar-refractivity contribution in [3.8, 4) is 5.75 Å². The average Bonchev–Trinajstić information content (AvgIpc) is 2.97. The molecule has 0 atom stereocenters. The number of rotatable bonds is 5. The van der Waals surface area contributed by atoms with Gasteiger partial charge in [-0.15, -0.1) is 0 Å². The molecule has 3 rings (SSSR count). The van der Waals surface area contributed by atoms with E-state index < -0.39 is 0 Å². The lowest BCUT2D eigenvalue weighted by Crippen LogP contribution is -2.27. The monoisotopic (exact) mass is 299 g/mol. The lowest BCUT2D eigenvalue weighted by Gasteiger charge is -2.07. The van der Waals surface area contributed by atoms with Gasteiger partial charge in [0.1, 0.15) is 11.6 Å². The van der Waals surface area contributed by atoms with Crippen LogP contribution in [0.2, 0.25) is 0 Å². The molecule has 1 aliphatic heterocycles. The van der Waals surface area contributed by atoms with Gasteiger partial charge in [0.15, 0.2) is 0 Å². The zero-order valence-electron chi connectivity index (χ0n) is 12.3. The maximum atomic E-state index is 12.8. The molecule has 0 saturated carbocycles. The molecule has 1 heterocycles. The lowest BCUT2D eigenvalue weighted by molar-refractivity contribution is -0.120. The van der Waals surface area contributed by atoms with Crippen LogP contribution in [0.25, 0.3) is 0 Å². The van der Waals surface area contributed by atoms with Gasteiger partial charge in [0, 0.05) is 13.0 Å². The van der Waals surface area contributed by atoms with E-state index in [4.69, 9.17) is 4.74 Å². The second-order valence-electron chi connectivity index (χ2n) is 5.44. The standard InChI is InChI=1S/C18H18FNO2/c19-16-4-1-13(2-5-16)7-9-20-18(21)12-14-3-6-17-15(11-14)8-10-22-17/h1-6,11H,7-10,12H2,(H,20,21). The number of ether oxygens (including phenoxy) is 1. The predicted octanol–water partition coefficient (Wildman–Crippen LogP) is 2.66. The Balaban J connectivity index is 1.47. The number of fused-ring (bicyclic) bond motifs is 1. The summed E-state index contributed by atoms with van der Waals surface area (Å²) in [6.45, 7) is 1.28. The fourth-order valence-corrected chi connectivity index (χ4v) is 2.60. The van der Waals surface area contributed by atoms with E-state index in [-0.39, 0.29) is 11.7 Å². The van der Waals surface area contributed by atoms with Gasteiger partial charge >= 0.3 is 0 Å². The molecule has 114 valence electrons. The predicted molar refractivity (Wildman–Crippen MR) is 82.5 cm³/mol. The minimum absolute atomic E-state index is 0.000905. The molecular formula is C18H18FNO2. The van der Waals surface area contributed by atoms with Crippen LogP contribution in [0, 0.1) is 5.82 Å². The van der Waals surface area contributed by atoms with Gasteiger partial charge in [0.25, 0.3) is 0 Å². The van der Waals surface area contributed by atoms with Crippen molar-refractivity contribution in [1.29, 1.82) is 0 Å². The summed E-state index contributed by atoms with van der Waals surface area (Å²) in [5.74, 6) is 0.690. The number of benzene rings is 2. The van der Waals surface area contributed by atoms with Crippen molar-refractivity contribution in [2.75, 3.05) is 13.2 Å².